The van der Waals surface area contributed by atoms with Crippen molar-refractivity contribution < 1.29 is 0 Å². The van der Waals surface area contributed by atoms with Gasteiger partial charge in [-0.3, -0.25) is 0 Å². The summed E-state index contributed by atoms with van der Waals surface area (Å²) in [6.07, 6.45) is 4.09. The van der Waals surface area contributed by atoms with E-state index in [-0.39, 0.29) is 0 Å². The predicted octanol–water partition coefficient (Wildman–Crippen LogP) is 3.24. The highest BCUT2D eigenvalue weighted by Gasteiger charge is 2.26. The second kappa shape index (κ2) is 6.87. The molecule has 0 saturated carbocycles. The largest absolute Gasteiger partial charge is 0.356 e. The lowest BCUT2D eigenvalue weighted by atomic mass is 9.97. The molecule has 1 saturated heterocycles. The van der Waals surface area contributed by atoms with Crippen molar-refractivity contribution in [1.82, 2.24) is 24.7 Å². The molecule has 0 bridgehead atoms. The second-order valence-corrected chi connectivity index (χ2v) is 7.40. The van der Waals surface area contributed by atoms with E-state index in [4.69, 9.17) is 9.97 Å². The number of hydrogen-bond acceptors (Lipinski definition) is 5. The van der Waals surface area contributed by atoms with E-state index in [0.29, 0.717) is 17.8 Å². The fourth-order valence-electron chi connectivity index (χ4n) is 3.25. The number of rotatable bonds is 4. The average molecular weight is 328 g/mol. The minimum absolute atomic E-state index is 0.335. The molecule has 6 nitrogen and oxygen atoms in total. The number of aromatic nitrogens is 5. The second-order valence-electron chi connectivity index (χ2n) is 7.40. The summed E-state index contributed by atoms with van der Waals surface area (Å²) in [5, 5.41) is 8.35. The topological polar surface area (TPSA) is 59.7 Å². The van der Waals surface area contributed by atoms with E-state index in [2.05, 4.69) is 48.9 Å². The van der Waals surface area contributed by atoms with Crippen LogP contribution >= 0.6 is 0 Å². The Labute approximate surface area is 144 Å². The van der Waals surface area contributed by atoms with Crippen LogP contribution in [0.5, 0.6) is 0 Å². The SMILES string of the molecule is CC(C)c1cc(N2CCCC(c3nncn3C)C2)nc(C(C)C)n1. The number of piperidine rings is 1. The standard InChI is InChI=1S/C18H28N6/c1-12(2)15-9-16(21-17(20-15)13(3)4)24-8-6-7-14(10-24)18-22-19-11-23(18)5/h9,11-14H,6-8,10H2,1-5H3. The number of nitrogens with zero attached hydrogens (tertiary/aromatic N) is 6. The van der Waals surface area contributed by atoms with Crippen LogP contribution in [0.25, 0.3) is 0 Å². The Hall–Kier alpha value is -1.98. The highest BCUT2D eigenvalue weighted by Crippen LogP contribution is 2.29. The number of anilines is 1. The monoisotopic (exact) mass is 328 g/mol. The molecule has 0 spiro atoms. The summed E-state index contributed by atoms with van der Waals surface area (Å²) in [5.41, 5.74) is 1.13. The third kappa shape index (κ3) is 3.42. The van der Waals surface area contributed by atoms with Crippen LogP contribution in [0.1, 0.15) is 75.6 Å². The molecule has 0 aromatic carbocycles. The molecule has 1 aliphatic rings. The van der Waals surface area contributed by atoms with Gasteiger partial charge < -0.3 is 9.47 Å². The van der Waals surface area contributed by atoms with Gasteiger partial charge in [-0.1, -0.05) is 27.7 Å². The van der Waals surface area contributed by atoms with Crippen molar-refractivity contribution >= 4 is 5.82 Å². The van der Waals surface area contributed by atoms with Crippen LogP contribution in [0.2, 0.25) is 0 Å². The molecule has 130 valence electrons. The summed E-state index contributed by atoms with van der Waals surface area (Å²) in [6.45, 7) is 10.7. The van der Waals surface area contributed by atoms with Gasteiger partial charge in [0.1, 0.15) is 23.8 Å². The maximum Gasteiger partial charge on any atom is 0.137 e. The Morgan fingerprint density at radius 1 is 1.12 bits per heavy atom. The summed E-state index contributed by atoms with van der Waals surface area (Å²) in [4.78, 5) is 12.0. The third-order valence-electron chi connectivity index (χ3n) is 4.71. The molecule has 1 aliphatic heterocycles. The van der Waals surface area contributed by atoms with Gasteiger partial charge in [0.25, 0.3) is 0 Å². The highest BCUT2D eigenvalue weighted by molar-refractivity contribution is 5.42. The smallest absolute Gasteiger partial charge is 0.137 e. The van der Waals surface area contributed by atoms with Gasteiger partial charge in [-0.05, 0) is 18.8 Å². The van der Waals surface area contributed by atoms with E-state index < -0.39 is 0 Å². The van der Waals surface area contributed by atoms with Crippen LogP contribution < -0.4 is 4.90 Å². The average Bonchev–Trinajstić information content (AvgIpc) is 3.00. The first-order valence-electron chi connectivity index (χ1n) is 8.93. The van der Waals surface area contributed by atoms with E-state index >= 15 is 0 Å². The molecule has 1 atom stereocenters. The van der Waals surface area contributed by atoms with E-state index in [1.807, 2.05) is 11.6 Å². The van der Waals surface area contributed by atoms with Gasteiger partial charge in [-0.25, -0.2) is 9.97 Å². The molecule has 2 aromatic rings. The van der Waals surface area contributed by atoms with Crippen LogP contribution in [0, 0.1) is 0 Å². The zero-order valence-electron chi connectivity index (χ0n) is 15.4. The molecular formula is C18H28N6. The summed E-state index contributed by atoms with van der Waals surface area (Å²) >= 11 is 0. The lowest BCUT2D eigenvalue weighted by Crippen LogP contribution is -2.36. The van der Waals surface area contributed by atoms with Gasteiger partial charge in [0.2, 0.25) is 0 Å². The molecule has 0 N–H and O–H groups in total. The Kier molecular flexibility index (Phi) is 4.83. The molecule has 3 rings (SSSR count). The van der Waals surface area contributed by atoms with Gasteiger partial charge >= 0.3 is 0 Å². The summed E-state index contributed by atoms with van der Waals surface area (Å²) in [7, 11) is 2.02. The van der Waals surface area contributed by atoms with Crippen molar-refractivity contribution in [2.24, 2.45) is 7.05 Å². The highest BCUT2D eigenvalue weighted by atomic mass is 15.3. The maximum absolute atomic E-state index is 4.85. The summed E-state index contributed by atoms with van der Waals surface area (Å²) < 4.78 is 2.03. The molecule has 6 heteroatoms. The summed E-state index contributed by atoms with van der Waals surface area (Å²) in [6, 6.07) is 2.16. The van der Waals surface area contributed by atoms with Crippen molar-refractivity contribution in [2.75, 3.05) is 18.0 Å². The zero-order chi connectivity index (χ0) is 17.3. The zero-order valence-corrected chi connectivity index (χ0v) is 15.4. The van der Waals surface area contributed by atoms with Crippen LogP contribution in [0.3, 0.4) is 0 Å². The van der Waals surface area contributed by atoms with Gasteiger partial charge in [-0.15, -0.1) is 10.2 Å². The van der Waals surface area contributed by atoms with E-state index in [9.17, 15) is 0 Å². The first-order valence-corrected chi connectivity index (χ1v) is 8.93. The molecule has 1 fully saturated rings. The van der Waals surface area contributed by atoms with Gasteiger partial charge in [0.05, 0.1) is 0 Å². The molecule has 24 heavy (non-hydrogen) atoms. The first kappa shape index (κ1) is 16.9. The van der Waals surface area contributed by atoms with Crippen molar-refractivity contribution in [3.05, 3.63) is 29.7 Å². The predicted molar refractivity (Wildman–Crippen MR) is 95.4 cm³/mol. The fraction of sp³-hybridized carbons (Fsp3) is 0.667. The normalized spacial score (nSPS) is 18.6. The Morgan fingerprint density at radius 2 is 1.92 bits per heavy atom. The minimum Gasteiger partial charge on any atom is -0.356 e. The number of aryl methyl sites for hydroxylation is 1. The van der Waals surface area contributed by atoms with E-state index in [0.717, 1.165) is 49.1 Å². The fourth-order valence-corrected chi connectivity index (χ4v) is 3.25. The summed E-state index contributed by atoms with van der Waals surface area (Å²) in [5.74, 6) is 4.22. The van der Waals surface area contributed by atoms with Crippen LogP contribution in [0.15, 0.2) is 12.4 Å². The first-order chi connectivity index (χ1) is 11.5. The molecule has 1 unspecified atom stereocenters. The molecule has 0 amide bonds. The maximum atomic E-state index is 4.85. The van der Waals surface area contributed by atoms with Crippen molar-refractivity contribution in [1.29, 1.82) is 0 Å². The van der Waals surface area contributed by atoms with Crippen molar-refractivity contribution in [3.63, 3.8) is 0 Å². The van der Waals surface area contributed by atoms with Crippen molar-refractivity contribution in [2.45, 2.75) is 58.3 Å². The molecule has 3 heterocycles. The van der Waals surface area contributed by atoms with Crippen molar-refractivity contribution in [3.8, 4) is 0 Å². The minimum atomic E-state index is 0.335. The molecule has 2 aromatic heterocycles. The Bertz CT molecular complexity index is 664. The lowest BCUT2D eigenvalue weighted by Gasteiger charge is -2.33. The third-order valence-corrected chi connectivity index (χ3v) is 4.71. The number of hydrogen-bond donors (Lipinski definition) is 0. The molecule has 0 aliphatic carbocycles. The van der Waals surface area contributed by atoms with Crippen LogP contribution in [-0.4, -0.2) is 37.8 Å². The van der Waals surface area contributed by atoms with Crippen LogP contribution in [-0.2, 0) is 7.05 Å². The van der Waals surface area contributed by atoms with Crippen LogP contribution in [0.4, 0.5) is 5.82 Å². The van der Waals surface area contributed by atoms with Gasteiger partial charge in [-0.2, -0.15) is 0 Å². The van der Waals surface area contributed by atoms with Gasteiger partial charge in [0, 0.05) is 43.7 Å². The van der Waals surface area contributed by atoms with E-state index in [1.165, 1.54) is 0 Å². The quantitative estimate of drug-likeness (QED) is 0.862. The Balaban J connectivity index is 1.89. The lowest BCUT2D eigenvalue weighted by molar-refractivity contribution is 0.476. The molecule has 0 radical (unpaired) electrons. The van der Waals surface area contributed by atoms with E-state index in [1.54, 1.807) is 6.33 Å². The molecular weight excluding hydrogens is 300 g/mol. The van der Waals surface area contributed by atoms with Gasteiger partial charge in [0.15, 0.2) is 0 Å². The Morgan fingerprint density at radius 3 is 2.54 bits per heavy atom.